The molecule has 0 aliphatic rings. The summed E-state index contributed by atoms with van der Waals surface area (Å²) < 4.78 is 13.7. The van der Waals surface area contributed by atoms with E-state index in [1.54, 1.807) is 0 Å². The monoisotopic (exact) mass is 244 g/mol. The second kappa shape index (κ2) is 5.65. The molecule has 0 N–H and O–H groups in total. The van der Waals surface area contributed by atoms with Gasteiger partial charge in [0.1, 0.15) is 11.9 Å². The molecule has 0 heterocycles. The van der Waals surface area contributed by atoms with Crippen molar-refractivity contribution in [3.05, 3.63) is 34.6 Å². The van der Waals surface area contributed by atoms with Crippen molar-refractivity contribution in [1.82, 2.24) is 0 Å². The van der Waals surface area contributed by atoms with Crippen molar-refractivity contribution in [2.45, 2.75) is 45.4 Å². The molecule has 0 atom stereocenters. The molecule has 1 aromatic rings. The van der Waals surface area contributed by atoms with Crippen molar-refractivity contribution < 1.29 is 4.39 Å². The Morgan fingerprint density at radius 2 is 1.89 bits per heavy atom. The lowest BCUT2D eigenvalue weighted by molar-refractivity contribution is 0.452. The Morgan fingerprint density at radius 3 is 2.39 bits per heavy atom. The summed E-state index contributed by atoms with van der Waals surface area (Å²) in [6.07, 6.45) is 2.85. The molecule has 2 nitrogen and oxygen atoms in total. The molecule has 3 heteroatoms. The highest BCUT2D eigenvalue weighted by molar-refractivity contribution is 5.52. The van der Waals surface area contributed by atoms with Crippen LogP contribution in [0.5, 0.6) is 0 Å². The first-order valence-corrected chi connectivity index (χ1v) is 6.11. The lowest BCUT2D eigenvalue weighted by Gasteiger charge is -2.27. The van der Waals surface area contributed by atoms with Gasteiger partial charge in [0.25, 0.3) is 0 Å². The number of nitrogens with zero attached hydrogens (tertiary/aromatic N) is 2. The Morgan fingerprint density at radius 1 is 1.22 bits per heavy atom. The minimum absolute atomic E-state index is 0.00940. The van der Waals surface area contributed by atoms with Crippen LogP contribution in [-0.2, 0) is 5.41 Å². The number of hydrogen-bond donors (Lipinski definition) is 0. The summed E-state index contributed by atoms with van der Waals surface area (Å²) in [4.78, 5) is 0. The topological polar surface area (TPSA) is 47.6 Å². The van der Waals surface area contributed by atoms with Gasteiger partial charge in [-0.15, -0.1) is 0 Å². The average molecular weight is 244 g/mol. The van der Waals surface area contributed by atoms with Gasteiger partial charge in [0.05, 0.1) is 17.2 Å². The van der Waals surface area contributed by atoms with Crippen molar-refractivity contribution in [1.29, 1.82) is 10.5 Å². The molecule has 0 radical (unpaired) electrons. The fraction of sp³-hybridized carbons (Fsp3) is 0.467. The molecule has 94 valence electrons. The first-order chi connectivity index (χ1) is 8.47. The summed E-state index contributed by atoms with van der Waals surface area (Å²) in [7, 11) is 0. The predicted octanol–water partition coefficient (Wildman–Crippen LogP) is 4.04. The van der Waals surface area contributed by atoms with Gasteiger partial charge in [-0.1, -0.05) is 33.6 Å². The summed E-state index contributed by atoms with van der Waals surface area (Å²) in [5.74, 6) is -0.545. The lowest BCUT2D eigenvalue weighted by atomic mass is 9.76. The molecule has 0 bridgehead atoms. The van der Waals surface area contributed by atoms with E-state index in [-0.39, 0.29) is 11.0 Å². The SMILES string of the molecule is CCCCC(C)(C)c1c(C#N)ccc(F)c1C#N. The molecule has 0 spiro atoms. The second-order valence-electron chi connectivity index (χ2n) is 5.06. The van der Waals surface area contributed by atoms with Gasteiger partial charge in [-0.2, -0.15) is 10.5 Å². The molecule has 0 aliphatic heterocycles. The molecule has 0 aliphatic carbocycles. The van der Waals surface area contributed by atoms with Crippen LogP contribution in [0.4, 0.5) is 4.39 Å². The van der Waals surface area contributed by atoms with Crippen LogP contribution in [0, 0.1) is 28.5 Å². The largest absolute Gasteiger partial charge is 0.206 e. The third-order valence-corrected chi connectivity index (χ3v) is 3.22. The van der Waals surface area contributed by atoms with Crippen LogP contribution in [0.1, 0.15) is 56.7 Å². The van der Waals surface area contributed by atoms with Gasteiger partial charge in [0.15, 0.2) is 0 Å². The third-order valence-electron chi connectivity index (χ3n) is 3.22. The zero-order valence-corrected chi connectivity index (χ0v) is 11.0. The van der Waals surface area contributed by atoms with Gasteiger partial charge in [-0.3, -0.25) is 0 Å². The third kappa shape index (κ3) is 2.68. The Balaban J connectivity index is 3.42. The molecule has 0 fully saturated rings. The molecular formula is C15H17FN2. The van der Waals surface area contributed by atoms with E-state index < -0.39 is 5.82 Å². The Labute approximate surface area is 108 Å². The highest BCUT2D eigenvalue weighted by atomic mass is 19.1. The first kappa shape index (κ1) is 14.2. The Bertz CT molecular complexity index is 519. The summed E-state index contributed by atoms with van der Waals surface area (Å²) in [5.41, 5.74) is 0.582. The maximum Gasteiger partial charge on any atom is 0.141 e. The van der Waals surface area contributed by atoms with E-state index in [1.165, 1.54) is 12.1 Å². The molecule has 0 saturated heterocycles. The highest BCUT2D eigenvalue weighted by Gasteiger charge is 2.28. The Kier molecular flexibility index (Phi) is 4.45. The molecule has 1 rings (SSSR count). The molecule has 18 heavy (non-hydrogen) atoms. The first-order valence-electron chi connectivity index (χ1n) is 6.11. The Hall–Kier alpha value is -1.87. The molecule has 0 aromatic heterocycles. The van der Waals surface area contributed by atoms with E-state index >= 15 is 0 Å². The van der Waals surface area contributed by atoms with Gasteiger partial charge in [0, 0.05) is 0 Å². The van der Waals surface area contributed by atoms with E-state index in [9.17, 15) is 4.39 Å². The fourth-order valence-corrected chi connectivity index (χ4v) is 2.23. The molecular weight excluding hydrogens is 227 g/mol. The summed E-state index contributed by atoms with van der Waals surface area (Å²) in [6, 6.07) is 6.61. The maximum absolute atomic E-state index is 13.7. The van der Waals surface area contributed by atoms with Gasteiger partial charge in [0.2, 0.25) is 0 Å². The number of nitriles is 2. The van der Waals surface area contributed by atoms with Gasteiger partial charge in [-0.05, 0) is 29.5 Å². The van der Waals surface area contributed by atoms with Gasteiger partial charge < -0.3 is 0 Å². The van der Waals surface area contributed by atoms with E-state index in [4.69, 9.17) is 10.5 Å². The second-order valence-corrected chi connectivity index (χ2v) is 5.06. The highest BCUT2D eigenvalue weighted by Crippen LogP contribution is 2.34. The van der Waals surface area contributed by atoms with Crippen LogP contribution in [0.3, 0.4) is 0 Å². The van der Waals surface area contributed by atoms with E-state index in [0.29, 0.717) is 11.1 Å². The lowest BCUT2D eigenvalue weighted by Crippen LogP contribution is -2.21. The minimum atomic E-state index is -0.545. The molecule has 1 aromatic carbocycles. The summed E-state index contributed by atoms with van der Waals surface area (Å²) >= 11 is 0. The zero-order valence-electron chi connectivity index (χ0n) is 11.0. The summed E-state index contributed by atoms with van der Waals surface area (Å²) in [5, 5.41) is 18.2. The van der Waals surface area contributed by atoms with Crippen molar-refractivity contribution >= 4 is 0 Å². The standard InChI is InChI=1S/C15H17FN2/c1-4-5-8-15(2,3)14-11(9-17)6-7-13(16)12(14)10-18/h6-7H,4-5,8H2,1-3H3. The van der Waals surface area contributed by atoms with Crippen LogP contribution in [0.25, 0.3) is 0 Å². The van der Waals surface area contributed by atoms with Gasteiger partial charge >= 0.3 is 0 Å². The summed E-state index contributed by atoms with van der Waals surface area (Å²) in [6.45, 7) is 6.00. The van der Waals surface area contributed by atoms with E-state index in [0.717, 1.165) is 19.3 Å². The van der Waals surface area contributed by atoms with Crippen LogP contribution >= 0.6 is 0 Å². The number of benzene rings is 1. The zero-order chi connectivity index (χ0) is 13.8. The van der Waals surface area contributed by atoms with E-state index in [2.05, 4.69) is 13.0 Å². The average Bonchev–Trinajstić information content (AvgIpc) is 2.36. The van der Waals surface area contributed by atoms with Crippen LogP contribution in [0.15, 0.2) is 12.1 Å². The smallest absolute Gasteiger partial charge is 0.141 e. The van der Waals surface area contributed by atoms with Crippen molar-refractivity contribution in [2.24, 2.45) is 0 Å². The maximum atomic E-state index is 13.7. The molecule has 0 saturated carbocycles. The van der Waals surface area contributed by atoms with Crippen molar-refractivity contribution in [2.75, 3.05) is 0 Å². The van der Waals surface area contributed by atoms with Crippen molar-refractivity contribution in [3.8, 4) is 12.1 Å². The minimum Gasteiger partial charge on any atom is -0.206 e. The number of hydrogen-bond acceptors (Lipinski definition) is 2. The van der Waals surface area contributed by atoms with Crippen LogP contribution in [0.2, 0.25) is 0 Å². The quantitative estimate of drug-likeness (QED) is 0.802. The normalized spacial score (nSPS) is 10.8. The molecule has 0 unspecified atom stereocenters. The number of halogens is 1. The number of rotatable bonds is 4. The van der Waals surface area contributed by atoms with E-state index in [1.807, 2.05) is 19.9 Å². The molecule has 0 amide bonds. The fourth-order valence-electron chi connectivity index (χ4n) is 2.23. The number of unbranched alkanes of at least 4 members (excludes halogenated alkanes) is 1. The van der Waals surface area contributed by atoms with Gasteiger partial charge in [-0.25, -0.2) is 4.39 Å². The van der Waals surface area contributed by atoms with Crippen LogP contribution in [-0.4, -0.2) is 0 Å². The van der Waals surface area contributed by atoms with Crippen LogP contribution < -0.4 is 0 Å². The predicted molar refractivity (Wildman–Crippen MR) is 68.4 cm³/mol. The van der Waals surface area contributed by atoms with Crippen molar-refractivity contribution in [3.63, 3.8) is 0 Å².